The minimum atomic E-state index is -0.0764. The number of carbonyl (C=O) groups excluding carboxylic acids is 1. The fourth-order valence-electron chi connectivity index (χ4n) is 3.55. The quantitative estimate of drug-likeness (QED) is 0.749. The summed E-state index contributed by atoms with van der Waals surface area (Å²) in [5.41, 5.74) is 3.76. The fourth-order valence-corrected chi connectivity index (χ4v) is 3.55. The van der Waals surface area contributed by atoms with Gasteiger partial charge in [0.15, 0.2) is 5.76 Å². The van der Waals surface area contributed by atoms with Gasteiger partial charge in [0.25, 0.3) is 5.91 Å². The van der Waals surface area contributed by atoms with Crippen molar-refractivity contribution in [3.63, 3.8) is 0 Å². The average Bonchev–Trinajstić information content (AvgIpc) is 3.23. The van der Waals surface area contributed by atoms with E-state index in [-0.39, 0.29) is 11.9 Å². The van der Waals surface area contributed by atoms with E-state index in [1.54, 1.807) is 18.3 Å². The van der Waals surface area contributed by atoms with Gasteiger partial charge in [-0.3, -0.25) is 9.78 Å². The summed E-state index contributed by atoms with van der Waals surface area (Å²) in [6, 6.07) is 9.43. The van der Waals surface area contributed by atoms with Gasteiger partial charge >= 0.3 is 0 Å². The van der Waals surface area contributed by atoms with Crippen molar-refractivity contribution in [2.24, 2.45) is 0 Å². The molecular formula is C21H23N5O2. The Kier molecular flexibility index (Phi) is 5.06. The first-order chi connectivity index (χ1) is 13.6. The van der Waals surface area contributed by atoms with Gasteiger partial charge in [-0.05, 0) is 57.0 Å². The van der Waals surface area contributed by atoms with Crippen molar-refractivity contribution in [2.75, 3.05) is 18.4 Å². The van der Waals surface area contributed by atoms with Crippen LogP contribution in [0.4, 0.5) is 5.95 Å². The van der Waals surface area contributed by atoms with Gasteiger partial charge in [0.1, 0.15) is 0 Å². The maximum atomic E-state index is 12.5. The summed E-state index contributed by atoms with van der Waals surface area (Å²) in [6.07, 6.45) is 5.15. The van der Waals surface area contributed by atoms with Crippen molar-refractivity contribution in [2.45, 2.75) is 32.7 Å². The number of aromatic nitrogens is 3. The van der Waals surface area contributed by atoms with Crippen LogP contribution in [0.1, 0.15) is 34.8 Å². The van der Waals surface area contributed by atoms with Crippen LogP contribution in [0.3, 0.4) is 0 Å². The van der Waals surface area contributed by atoms with Crippen molar-refractivity contribution in [3.8, 4) is 11.3 Å². The molecule has 0 bridgehead atoms. The van der Waals surface area contributed by atoms with E-state index in [1.807, 2.05) is 36.9 Å². The molecule has 1 fully saturated rings. The largest absolute Gasteiger partial charge is 0.459 e. The molecule has 7 nitrogen and oxygen atoms in total. The second kappa shape index (κ2) is 7.80. The third-order valence-electron chi connectivity index (χ3n) is 4.93. The van der Waals surface area contributed by atoms with Crippen LogP contribution < -0.4 is 5.32 Å². The Hall–Kier alpha value is -3.22. The molecule has 0 radical (unpaired) electrons. The summed E-state index contributed by atoms with van der Waals surface area (Å²) < 4.78 is 5.24. The lowest BCUT2D eigenvalue weighted by atomic mass is 10.1. The van der Waals surface area contributed by atoms with Gasteiger partial charge in [-0.1, -0.05) is 0 Å². The van der Waals surface area contributed by atoms with Crippen LogP contribution in [0.15, 0.2) is 47.2 Å². The Morgan fingerprint density at radius 3 is 2.89 bits per heavy atom. The first-order valence-electron chi connectivity index (χ1n) is 9.47. The molecule has 1 amide bonds. The van der Waals surface area contributed by atoms with Crippen LogP contribution in [0.5, 0.6) is 0 Å². The molecular weight excluding hydrogens is 354 g/mol. The third-order valence-corrected chi connectivity index (χ3v) is 4.93. The summed E-state index contributed by atoms with van der Waals surface area (Å²) in [7, 11) is 0. The molecule has 3 aromatic heterocycles. The number of piperidine rings is 1. The van der Waals surface area contributed by atoms with Gasteiger partial charge in [0.2, 0.25) is 5.95 Å². The molecule has 144 valence electrons. The van der Waals surface area contributed by atoms with Crippen molar-refractivity contribution < 1.29 is 9.21 Å². The van der Waals surface area contributed by atoms with E-state index >= 15 is 0 Å². The number of hydrogen-bond acceptors (Lipinski definition) is 6. The second-order valence-corrected chi connectivity index (χ2v) is 7.06. The fraction of sp³-hybridized carbons (Fsp3) is 0.333. The van der Waals surface area contributed by atoms with Gasteiger partial charge in [-0.25, -0.2) is 9.97 Å². The van der Waals surface area contributed by atoms with Crippen LogP contribution in [0, 0.1) is 13.8 Å². The number of aryl methyl sites for hydroxylation is 2. The predicted octanol–water partition coefficient (Wildman–Crippen LogP) is 3.47. The minimum absolute atomic E-state index is 0.0764. The molecule has 4 rings (SSSR count). The van der Waals surface area contributed by atoms with Gasteiger partial charge in [-0.15, -0.1) is 0 Å². The summed E-state index contributed by atoms with van der Waals surface area (Å²) in [5.74, 6) is 0.864. The smallest absolute Gasteiger partial charge is 0.289 e. The SMILES string of the molecule is Cc1ccc(-c2ccnc(N[C@@H]3CCCN(C(=O)c4ccco4)C3)n2)c(C)n1. The lowest BCUT2D eigenvalue weighted by Crippen LogP contribution is -2.45. The number of carbonyl (C=O) groups is 1. The molecule has 3 aromatic rings. The Balaban J connectivity index is 1.47. The highest BCUT2D eigenvalue weighted by Crippen LogP contribution is 2.22. The van der Waals surface area contributed by atoms with Gasteiger partial charge in [0.05, 0.1) is 12.0 Å². The first kappa shape index (κ1) is 18.2. The lowest BCUT2D eigenvalue weighted by Gasteiger charge is -2.32. The van der Waals surface area contributed by atoms with E-state index in [4.69, 9.17) is 4.42 Å². The molecule has 0 saturated carbocycles. The molecule has 0 aromatic carbocycles. The Bertz CT molecular complexity index is 971. The monoisotopic (exact) mass is 377 g/mol. The topological polar surface area (TPSA) is 84.2 Å². The van der Waals surface area contributed by atoms with Crippen LogP contribution >= 0.6 is 0 Å². The molecule has 0 unspecified atom stereocenters. The summed E-state index contributed by atoms with van der Waals surface area (Å²) >= 11 is 0. The van der Waals surface area contributed by atoms with E-state index in [0.29, 0.717) is 18.3 Å². The zero-order chi connectivity index (χ0) is 19.5. The number of furan rings is 1. The number of rotatable bonds is 4. The molecule has 4 heterocycles. The van der Waals surface area contributed by atoms with Crippen molar-refractivity contribution in [1.82, 2.24) is 19.9 Å². The van der Waals surface area contributed by atoms with Gasteiger partial charge in [-0.2, -0.15) is 0 Å². The third kappa shape index (κ3) is 3.88. The zero-order valence-electron chi connectivity index (χ0n) is 16.1. The molecule has 1 N–H and O–H groups in total. The van der Waals surface area contributed by atoms with Crippen LogP contribution in [-0.4, -0.2) is 44.9 Å². The van der Waals surface area contributed by atoms with Crippen molar-refractivity contribution in [3.05, 3.63) is 59.9 Å². The van der Waals surface area contributed by atoms with Crippen LogP contribution in [0.25, 0.3) is 11.3 Å². The van der Waals surface area contributed by atoms with E-state index in [9.17, 15) is 4.79 Å². The summed E-state index contributed by atoms with van der Waals surface area (Å²) in [6.45, 7) is 5.28. The maximum absolute atomic E-state index is 12.5. The van der Waals surface area contributed by atoms with Crippen molar-refractivity contribution >= 4 is 11.9 Å². The van der Waals surface area contributed by atoms with E-state index < -0.39 is 0 Å². The normalized spacial score (nSPS) is 16.8. The second-order valence-electron chi connectivity index (χ2n) is 7.06. The Morgan fingerprint density at radius 1 is 1.21 bits per heavy atom. The molecule has 0 spiro atoms. The highest BCUT2D eigenvalue weighted by molar-refractivity contribution is 5.91. The van der Waals surface area contributed by atoms with E-state index in [1.165, 1.54) is 6.26 Å². The molecule has 1 aliphatic heterocycles. The summed E-state index contributed by atoms with van der Waals surface area (Å²) in [5, 5.41) is 3.38. The maximum Gasteiger partial charge on any atom is 0.289 e. The summed E-state index contributed by atoms with van der Waals surface area (Å²) in [4.78, 5) is 27.9. The Morgan fingerprint density at radius 2 is 2.11 bits per heavy atom. The number of amides is 1. The van der Waals surface area contributed by atoms with E-state index in [2.05, 4.69) is 20.3 Å². The van der Waals surface area contributed by atoms with Crippen LogP contribution in [-0.2, 0) is 0 Å². The number of hydrogen-bond donors (Lipinski definition) is 1. The molecule has 1 atom stereocenters. The molecule has 1 aliphatic rings. The molecule has 7 heteroatoms. The minimum Gasteiger partial charge on any atom is -0.459 e. The molecule has 28 heavy (non-hydrogen) atoms. The number of nitrogens with one attached hydrogen (secondary N) is 1. The molecule has 0 aliphatic carbocycles. The van der Waals surface area contributed by atoms with Gasteiger partial charge < -0.3 is 14.6 Å². The molecule has 1 saturated heterocycles. The number of pyridine rings is 1. The standard InChI is InChI=1S/C21H23N5O2/c1-14-7-8-17(15(2)23-14)18-9-10-22-21(25-18)24-16-5-3-11-26(13-16)20(27)19-6-4-12-28-19/h4,6-10,12,16H,3,5,11,13H2,1-2H3,(H,22,24,25)/t16-/m1/s1. The highest BCUT2D eigenvalue weighted by atomic mass is 16.3. The lowest BCUT2D eigenvalue weighted by molar-refractivity contribution is 0.0682. The van der Waals surface area contributed by atoms with Crippen LogP contribution in [0.2, 0.25) is 0 Å². The van der Waals surface area contributed by atoms with Gasteiger partial charge in [0, 0.05) is 42.3 Å². The number of likely N-dealkylation sites (tertiary alicyclic amines) is 1. The first-order valence-corrected chi connectivity index (χ1v) is 9.47. The number of nitrogens with zero attached hydrogens (tertiary/aromatic N) is 4. The average molecular weight is 377 g/mol. The highest BCUT2D eigenvalue weighted by Gasteiger charge is 2.26. The van der Waals surface area contributed by atoms with Crippen molar-refractivity contribution in [1.29, 1.82) is 0 Å². The predicted molar refractivity (Wildman–Crippen MR) is 106 cm³/mol. The number of anilines is 1. The van der Waals surface area contributed by atoms with E-state index in [0.717, 1.165) is 42.0 Å². The Labute approximate surface area is 163 Å². The zero-order valence-corrected chi connectivity index (χ0v) is 16.1.